The van der Waals surface area contributed by atoms with Crippen LogP contribution in [-0.2, 0) is 18.3 Å². The molecular weight excluding hydrogens is 292 g/mol. The van der Waals surface area contributed by atoms with Gasteiger partial charge in [-0.15, -0.1) is 10.2 Å². The van der Waals surface area contributed by atoms with E-state index in [1.54, 1.807) is 7.11 Å². The zero-order valence-corrected chi connectivity index (χ0v) is 14.8. The Morgan fingerprint density at radius 2 is 2.09 bits per heavy atom. The molecule has 2 fully saturated rings. The molecule has 0 spiro atoms. The molecule has 0 amide bonds. The van der Waals surface area contributed by atoms with Crippen molar-refractivity contribution in [3.8, 4) is 0 Å². The first-order chi connectivity index (χ1) is 10.9. The fourth-order valence-electron chi connectivity index (χ4n) is 2.99. The molecule has 0 saturated heterocycles. The lowest BCUT2D eigenvalue weighted by molar-refractivity contribution is -0.0922. The molecule has 1 aromatic rings. The number of rotatable bonds is 5. The number of aromatic nitrogens is 3. The van der Waals surface area contributed by atoms with Crippen LogP contribution in [0.1, 0.15) is 44.8 Å². The summed E-state index contributed by atoms with van der Waals surface area (Å²) >= 11 is 0. The van der Waals surface area contributed by atoms with E-state index in [1.165, 1.54) is 12.8 Å². The van der Waals surface area contributed by atoms with Crippen molar-refractivity contribution in [1.29, 1.82) is 0 Å². The Balaban J connectivity index is 1.66. The molecule has 2 atom stereocenters. The monoisotopic (exact) mass is 320 g/mol. The van der Waals surface area contributed by atoms with Crippen molar-refractivity contribution in [3.05, 3.63) is 11.6 Å². The van der Waals surface area contributed by atoms with E-state index < -0.39 is 0 Å². The van der Waals surface area contributed by atoms with Crippen LogP contribution in [0.3, 0.4) is 0 Å². The lowest BCUT2D eigenvalue weighted by Gasteiger charge is -2.51. The summed E-state index contributed by atoms with van der Waals surface area (Å²) in [7, 11) is 3.76. The molecule has 7 nitrogen and oxygen atoms in total. The van der Waals surface area contributed by atoms with Gasteiger partial charge in [-0.25, -0.2) is 4.99 Å². The third-order valence-electron chi connectivity index (χ3n) is 5.25. The molecule has 3 rings (SSSR count). The SMILES string of the molecule is COC1CC(NC(=NCc2nnc(C)n2C)NC2CC2)C1(C)C. The van der Waals surface area contributed by atoms with Crippen LogP contribution >= 0.6 is 0 Å². The molecule has 7 heteroatoms. The van der Waals surface area contributed by atoms with E-state index in [2.05, 4.69) is 34.7 Å². The van der Waals surface area contributed by atoms with Crippen molar-refractivity contribution in [2.75, 3.05) is 7.11 Å². The van der Waals surface area contributed by atoms with Crippen LogP contribution in [0.25, 0.3) is 0 Å². The van der Waals surface area contributed by atoms with Gasteiger partial charge in [0.2, 0.25) is 0 Å². The molecule has 0 aliphatic heterocycles. The summed E-state index contributed by atoms with van der Waals surface area (Å²) < 4.78 is 7.51. The van der Waals surface area contributed by atoms with Crippen molar-refractivity contribution < 1.29 is 4.74 Å². The van der Waals surface area contributed by atoms with Gasteiger partial charge in [0.05, 0.1) is 6.10 Å². The van der Waals surface area contributed by atoms with Crippen LogP contribution in [0.4, 0.5) is 0 Å². The highest BCUT2D eigenvalue weighted by Crippen LogP contribution is 2.42. The van der Waals surface area contributed by atoms with Crippen molar-refractivity contribution in [2.45, 2.75) is 64.8 Å². The van der Waals surface area contributed by atoms with Gasteiger partial charge in [-0.05, 0) is 26.2 Å². The number of nitrogens with one attached hydrogen (secondary N) is 2. The normalized spacial score (nSPS) is 26.7. The van der Waals surface area contributed by atoms with Crippen molar-refractivity contribution >= 4 is 5.96 Å². The Kier molecular flexibility index (Phi) is 4.31. The average Bonchev–Trinajstić information content (AvgIpc) is 3.27. The smallest absolute Gasteiger partial charge is 0.192 e. The Morgan fingerprint density at radius 3 is 2.61 bits per heavy atom. The van der Waals surface area contributed by atoms with Crippen LogP contribution < -0.4 is 10.6 Å². The molecule has 2 aliphatic carbocycles. The molecule has 23 heavy (non-hydrogen) atoms. The molecule has 2 saturated carbocycles. The number of hydrogen-bond donors (Lipinski definition) is 2. The summed E-state index contributed by atoms with van der Waals surface area (Å²) in [6.45, 7) is 6.95. The number of methoxy groups -OCH3 is 1. The lowest BCUT2D eigenvalue weighted by Crippen LogP contribution is -2.63. The zero-order valence-electron chi connectivity index (χ0n) is 14.8. The highest BCUT2D eigenvalue weighted by atomic mass is 16.5. The van der Waals surface area contributed by atoms with Gasteiger partial charge in [-0.3, -0.25) is 0 Å². The number of aryl methyl sites for hydroxylation is 1. The van der Waals surface area contributed by atoms with E-state index in [1.807, 2.05) is 18.5 Å². The first-order valence-electron chi connectivity index (χ1n) is 8.37. The minimum atomic E-state index is 0.113. The van der Waals surface area contributed by atoms with Crippen molar-refractivity contribution in [2.24, 2.45) is 17.5 Å². The molecule has 0 radical (unpaired) electrons. The molecule has 2 unspecified atom stereocenters. The maximum atomic E-state index is 5.53. The molecule has 0 bridgehead atoms. The minimum Gasteiger partial charge on any atom is -0.381 e. The molecular formula is C16H28N6O. The summed E-state index contributed by atoms with van der Waals surface area (Å²) in [6, 6.07) is 0.933. The van der Waals surface area contributed by atoms with E-state index in [0.29, 0.717) is 24.7 Å². The predicted molar refractivity (Wildman–Crippen MR) is 89.2 cm³/mol. The summed E-state index contributed by atoms with van der Waals surface area (Å²) in [6.07, 6.45) is 3.76. The quantitative estimate of drug-likeness (QED) is 0.628. The number of aliphatic imine (C=N–C) groups is 1. The minimum absolute atomic E-state index is 0.113. The lowest BCUT2D eigenvalue weighted by atomic mass is 9.64. The van der Waals surface area contributed by atoms with Gasteiger partial charge in [0, 0.05) is 31.7 Å². The van der Waals surface area contributed by atoms with Crippen LogP contribution in [0.15, 0.2) is 4.99 Å². The van der Waals surface area contributed by atoms with E-state index in [4.69, 9.17) is 9.73 Å². The topological polar surface area (TPSA) is 76.4 Å². The second-order valence-corrected chi connectivity index (χ2v) is 7.28. The number of guanidine groups is 1. The Morgan fingerprint density at radius 1 is 1.35 bits per heavy atom. The predicted octanol–water partition coefficient (Wildman–Crippen LogP) is 1.13. The highest BCUT2D eigenvalue weighted by molar-refractivity contribution is 5.81. The Bertz CT molecular complexity index is 589. The number of hydrogen-bond acceptors (Lipinski definition) is 4. The summed E-state index contributed by atoms with van der Waals surface area (Å²) in [4.78, 5) is 4.72. The third kappa shape index (κ3) is 3.34. The van der Waals surface area contributed by atoms with Gasteiger partial charge in [0.25, 0.3) is 0 Å². The van der Waals surface area contributed by atoms with Crippen LogP contribution in [0.5, 0.6) is 0 Å². The fraction of sp³-hybridized carbons (Fsp3) is 0.812. The standard InChI is InChI=1S/C16H28N6O/c1-10-20-21-14(22(10)4)9-17-15(18-11-6-7-11)19-12-8-13(23-5)16(12,2)3/h11-13H,6-9H2,1-5H3,(H2,17,18,19). The Hall–Kier alpha value is -1.63. The second-order valence-electron chi connectivity index (χ2n) is 7.28. The molecule has 128 valence electrons. The highest BCUT2D eigenvalue weighted by Gasteiger charge is 2.49. The first kappa shape index (κ1) is 16.2. The van der Waals surface area contributed by atoms with Crippen molar-refractivity contribution in [1.82, 2.24) is 25.4 Å². The van der Waals surface area contributed by atoms with Gasteiger partial charge in [-0.2, -0.15) is 0 Å². The van der Waals surface area contributed by atoms with Gasteiger partial charge in [0.1, 0.15) is 12.4 Å². The Labute approximate surface area is 137 Å². The van der Waals surface area contributed by atoms with Crippen molar-refractivity contribution in [3.63, 3.8) is 0 Å². The van der Waals surface area contributed by atoms with Crippen LogP contribution in [0, 0.1) is 12.3 Å². The maximum Gasteiger partial charge on any atom is 0.192 e. The van der Waals surface area contributed by atoms with Gasteiger partial charge in [-0.1, -0.05) is 13.8 Å². The molecule has 1 heterocycles. The first-order valence-corrected chi connectivity index (χ1v) is 8.37. The second kappa shape index (κ2) is 6.11. The summed E-state index contributed by atoms with van der Waals surface area (Å²) in [5.74, 6) is 2.66. The average molecular weight is 320 g/mol. The number of nitrogens with zero attached hydrogens (tertiary/aromatic N) is 4. The van der Waals surface area contributed by atoms with Crippen LogP contribution in [0.2, 0.25) is 0 Å². The van der Waals surface area contributed by atoms with E-state index in [9.17, 15) is 0 Å². The maximum absolute atomic E-state index is 5.53. The van der Waals surface area contributed by atoms with E-state index in [0.717, 1.165) is 24.0 Å². The third-order valence-corrected chi connectivity index (χ3v) is 5.25. The summed E-state index contributed by atoms with van der Waals surface area (Å²) in [5, 5.41) is 15.3. The van der Waals surface area contributed by atoms with Gasteiger partial charge >= 0.3 is 0 Å². The zero-order chi connectivity index (χ0) is 16.6. The number of ether oxygens (including phenoxy) is 1. The van der Waals surface area contributed by atoms with E-state index in [-0.39, 0.29) is 5.41 Å². The molecule has 0 aromatic carbocycles. The largest absolute Gasteiger partial charge is 0.381 e. The van der Waals surface area contributed by atoms with Gasteiger partial charge in [0.15, 0.2) is 11.8 Å². The van der Waals surface area contributed by atoms with Gasteiger partial charge < -0.3 is 19.9 Å². The van der Waals surface area contributed by atoms with Crippen LogP contribution in [-0.4, -0.2) is 46.0 Å². The van der Waals surface area contributed by atoms with E-state index >= 15 is 0 Å². The summed E-state index contributed by atoms with van der Waals surface area (Å²) in [5.41, 5.74) is 0.113. The molecule has 1 aromatic heterocycles. The fourth-order valence-corrected chi connectivity index (χ4v) is 2.99. The molecule has 2 N–H and O–H groups in total. The molecule has 2 aliphatic rings.